The minimum atomic E-state index is -3.04. The van der Waals surface area contributed by atoms with E-state index in [0.717, 1.165) is 88.9 Å². The number of imidazole rings is 1. The largest absolute Gasteiger partial charge is 0.309 e. The van der Waals surface area contributed by atoms with Crippen LogP contribution in [0.15, 0.2) is 176 Å². The van der Waals surface area contributed by atoms with Crippen LogP contribution in [0.1, 0.15) is 12.7 Å². The quantitative estimate of drug-likeness (QED) is 0.125. The fraction of sp³-hybridized carbons (Fsp3) is 0.0435. The maximum Gasteiger partial charge on any atom is 0.171 e. The minimum Gasteiger partial charge on any atom is -0.309 e. The van der Waals surface area contributed by atoms with E-state index in [1.807, 2.05) is 84.9 Å². The van der Waals surface area contributed by atoms with Crippen LogP contribution in [-0.2, 0) is 11.0 Å². The fourth-order valence-corrected chi connectivity index (χ4v) is 10.00. The molecular formula is C46H34N3OP. The minimum absolute atomic E-state index is 0.807. The van der Waals surface area contributed by atoms with Crippen LogP contribution in [0, 0.1) is 0 Å². The van der Waals surface area contributed by atoms with Gasteiger partial charge >= 0.3 is 0 Å². The van der Waals surface area contributed by atoms with Crippen LogP contribution in [0.25, 0.3) is 60.8 Å². The van der Waals surface area contributed by atoms with Gasteiger partial charge in [0.15, 0.2) is 7.14 Å². The van der Waals surface area contributed by atoms with E-state index in [0.29, 0.717) is 0 Å². The van der Waals surface area contributed by atoms with Crippen molar-refractivity contribution in [1.29, 1.82) is 0 Å². The third kappa shape index (κ3) is 5.19. The van der Waals surface area contributed by atoms with Gasteiger partial charge in [0.2, 0.25) is 0 Å². The second-order valence-electron chi connectivity index (χ2n) is 12.8. The van der Waals surface area contributed by atoms with Gasteiger partial charge in [0, 0.05) is 44.4 Å². The van der Waals surface area contributed by atoms with Crippen molar-refractivity contribution < 1.29 is 4.57 Å². The zero-order chi connectivity index (χ0) is 34.4. The zero-order valence-corrected chi connectivity index (χ0v) is 29.0. The molecule has 0 amide bonds. The van der Waals surface area contributed by atoms with E-state index >= 15 is 0 Å². The van der Waals surface area contributed by atoms with Crippen LogP contribution < -0.4 is 15.9 Å². The van der Waals surface area contributed by atoms with Crippen molar-refractivity contribution in [2.24, 2.45) is 0 Å². The molecule has 5 heteroatoms. The summed E-state index contributed by atoms with van der Waals surface area (Å²) in [7, 11) is -3.04. The first-order valence-electron chi connectivity index (χ1n) is 17.3. The SMILES string of the molecule is CCc1nc2c3c(-c4ccc(-c5ccc(P(=O)(c6ccccc6)c6ccccc6)cc5)cc4)nc4ccccc4c3ccc2n1-c1ccccc1. The predicted octanol–water partition coefficient (Wildman–Crippen LogP) is 10.3. The normalized spacial score (nSPS) is 11.8. The first kappa shape index (κ1) is 30.9. The molecule has 0 radical (unpaired) electrons. The molecule has 0 aliphatic heterocycles. The lowest BCUT2D eigenvalue weighted by molar-refractivity contribution is 0.592. The van der Waals surface area contributed by atoms with Gasteiger partial charge in [-0.25, -0.2) is 9.97 Å². The first-order chi connectivity index (χ1) is 25.1. The van der Waals surface area contributed by atoms with Crippen molar-refractivity contribution >= 4 is 55.8 Å². The standard InChI is InChI=1S/C46H34N3OP/c1-2-43-48-46-42(49(43)35-14-6-3-7-15-35)31-30-40-39-20-12-13-21-41(39)47-45(44(40)46)34-24-22-32(23-25-34)33-26-28-38(29-27-33)51(50,36-16-8-4-9-17-36)37-18-10-5-11-19-37/h3-31H,2H2,1H3. The van der Waals surface area contributed by atoms with Crippen molar-refractivity contribution in [1.82, 2.24) is 14.5 Å². The highest BCUT2D eigenvalue weighted by molar-refractivity contribution is 7.85. The molecule has 9 rings (SSSR count). The maximum atomic E-state index is 14.9. The number of rotatable bonds is 7. The molecule has 7 aromatic carbocycles. The van der Waals surface area contributed by atoms with Crippen molar-refractivity contribution in [2.45, 2.75) is 13.3 Å². The summed E-state index contributed by atoms with van der Waals surface area (Å²) in [5.41, 5.74) is 8.18. The van der Waals surface area contributed by atoms with Crippen molar-refractivity contribution in [3.8, 4) is 28.1 Å². The van der Waals surface area contributed by atoms with Crippen molar-refractivity contribution in [3.63, 3.8) is 0 Å². The molecule has 2 aromatic heterocycles. The summed E-state index contributed by atoms with van der Waals surface area (Å²) < 4.78 is 17.1. The van der Waals surface area contributed by atoms with Gasteiger partial charge in [-0.2, -0.15) is 0 Å². The molecule has 0 saturated carbocycles. The topological polar surface area (TPSA) is 47.8 Å². The Hall–Kier alpha value is -6.09. The third-order valence-corrected chi connectivity index (χ3v) is 12.9. The number of nitrogens with zero attached hydrogens (tertiary/aromatic N) is 3. The predicted molar refractivity (Wildman–Crippen MR) is 214 cm³/mol. The van der Waals surface area contributed by atoms with Crippen molar-refractivity contribution in [2.75, 3.05) is 0 Å². The van der Waals surface area contributed by atoms with E-state index in [4.69, 9.17) is 9.97 Å². The molecule has 0 unspecified atom stereocenters. The first-order valence-corrected chi connectivity index (χ1v) is 19.0. The van der Waals surface area contributed by atoms with E-state index in [2.05, 4.69) is 102 Å². The van der Waals surface area contributed by atoms with Gasteiger partial charge in [0.25, 0.3) is 0 Å². The lowest BCUT2D eigenvalue weighted by Crippen LogP contribution is -2.24. The summed E-state index contributed by atoms with van der Waals surface area (Å²) in [6, 6.07) is 59.7. The van der Waals surface area contributed by atoms with Crippen LogP contribution in [0.3, 0.4) is 0 Å². The number of hydrogen-bond donors (Lipinski definition) is 0. The summed E-state index contributed by atoms with van der Waals surface area (Å²) in [5, 5.41) is 5.80. The molecule has 0 aliphatic rings. The zero-order valence-electron chi connectivity index (χ0n) is 28.1. The second kappa shape index (κ2) is 12.7. The molecule has 0 atom stereocenters. The number of hydrogen-bond acceptors (Lipinski definition) is 3. The molecule has 0 aliphatic carbocycles. The Labute approximate surface area is 297 Å². The Bertz CT molecular complexity index is 2680. The average molecular weight is 676 g/mol. The number of fused-ring (bicyclic) bond motifs is 5. The highest BCUT2D eigenvalue weighted by Crippen LogP contribution is 2.43. The van der Waals surface area contributed by atoms with Gasteiger partial charge in [-0.05, 0) is 40.8 Å². The Morgan fingerprint density at radius 2 is 1.04 bits per heavy atom. The van der Waals surface area contributed by atoms with Crippen LogP contribution >= 0.6 is 7.14 Å². The van der Waals surface area contributed by atoms with Gasteiger partial charge in [0.1, 0.15) is 5.82 Å². The van der Waals surface area contributed by atoms with Gasteiger partial charge in [-0.3, -0.25) is 4.57 Å². The summed E-state index contributed by atoms with van der Waals surface area (Å²) in [4.78, 5) is 10.5. The highest BCUT2D eigenvalue weighted by Gasteiger charge is 2.29. The van der Waals surface area contributed by atoms with E-state index in [1.54, 1.807) is 0 Å². The summed E-state index contributed by atoms with van der Waals surface area (Å²) in [6.07, 6.45) is 0.807. The second-order valence-corrected chi connectivity index (χ2v) is 15.6. The summed E-state index contributed by atoms with van der Waals surface area (Å²) in [6.45, 7) is 2.16. The van der Waals surface area contributed by atoms with E-state index in [-0.39, 0.29) is 0 Å². The number of para-hydroxylation sites is 2. The van der Waals surface area contributed by atoms with Gasteiger partial charge in [-0.15, -0.1) is 0 Å². The highest BCUT2D eigenvalue weighted by atomic mass is 31.2. The Morgan fingerprint density at radius 3 is 1.67 bits per heavy atom. The van der Waals surface area contributed by atoms with Crippen LogP contribution in [-0.4, -0.2) is 14.5 Å². The van der Waals surface area contributed by atoms with Crippen LogP contribution in [0.4, 0.5) is 0 Å². The molecular weight excluding hydrogens is 642 g/mol. The Balaban J connectivity index is 1.15. The number of aromatic nitrogens is 3. The molecule has 0 fully saturated rings. The van der Waals surface area contributed by atoms with E-state index < -0.39 is 7.14 Å². The number of pyridine rings is 1. The molecule has 9 aromatic rings. The van der Waals surface area contributed by atoms with Crippen LogP contribution in [0.5, 0.6) is 0 Å². The molecule has 51 heavy (non-hydrogen) atoms. The van der Waals surface area contributed by atoms with Gasteiger partial charge in [-0.1, -0.05) is 159 Å². The molecule has 244 valence electrons. The molecule has 4 nitrogen and oxygen atoms in total. The van der Waals surface area contributed by atoms with Gasteiger partial charge < -0.3 is 4.57 Å². The molecule has 0 N–H and O–H groups in total. The monoisotopic (exact) mass is 675 g/mol. The smallest absolute Gasteiger partial charge is 0.171 e. The van der Waals surface area contributed by atoms with Crippen LogP contribution in [0.2, 0.25) is 0 Å². The lowest BCUT2D eigenvalue weighted by atomic mass is 9.97. The summed E-state index contributed by atoms with van der Waals surface area (Å²) in [5.74, 6) is 1.02. The van der Waals surface area contributed by atoms with Crippen molar-refractivity contribution in [3.05, 3.63) is 182 Å². The van der Waals surface area contributed by atoms with E-state index in [1.165, 1.54) is 0 Å². The number of aryl methyl sites for hydroxylation is 1. The average Bonchev–Trinajstić information content (AvgIpc) is 3.60. The molecule has 0 spiro atoms. The molecule has 0 saturated heterocycles. The van der Waals surface area contributed by atoms with Gasteiger partial charge in [0.05, 0.1) is 22.2 Å². The molecule has 0 bridgehead atoms. The maximum absolute atomic E-state index is 14.9. The fourth-order valence-electron chi connectivity index (χ4n) is 7.35. The summed E-state index contributed by atoms with van der Waals surface area (Å²) >= 11 is 0. The Morgan fingerprint density at radius 1 is 0.510 bits per heavy atom. The number of benzene rings is 7. The third-order valence-electron chi connectivity index (χ3n) is 9.85. The lowest BCUT2D eigenvalue weighted by Gasteiger charge is -2.20. The van der Waals surface area contributed by atoms with E-state index in [9.17, 15) is 4.57 Å². The Kier molecular flexibility index (Phi) is 7.68. The molecule has 2 heterocycles.